The Labute approximate surface area is 116 Å². The summed E-state index contributed by atoms with van der Waals surface area (Å²) < 4.78 is 10.9. The molecule has 0 atom stereocenters. The largest absolute Gasteiger partial charge is 0.497 e. The van der Waals surface area contributed by atoms with Crippen molar-refractivity contribution >= 4 is 5.82 Å². The Kier molecular flexibility index (Phi) is 3.13. The number of benzene rings is 2. The molecule has 2 aromatic carbocycles. The van der Waals surface area contributed by atoms with Gasteiger partial charge in [-0.05, 0) is 24.3 Å². The molecular formula is C16H14N2O2. The van der Waals surface area contributed by atoms with E-state index in [9.17, 15) is 0 Å². The van der Waals surface area contributed by atoms with Gasteiger partial charge in [-0.1, -0.05) is 30.3 Å². The molecule has 0 spiro atoms. The number of nitrogens with zero attached hydrogens (tertiary/aromatic N) is 1. The van der Waals surface area contributed by atoms with Gasteiger partial charge in [0.15, 0.2) is 11.6 Å². The van der Waals surface area contributed by atoms with Crippen molar-refractivity contribution in [3.63, 3.8) is 0 Å². The summed E-state index contributed by atoms with van der Waals surface area (Å²) >= 11 is 0. The van der Waals surface area contributed by atoms with Crippen LogP contribution in [-0.2, 0) is 0 Å². The zero-order valence-electron chi connectivity index (χ0n) is 11.0. The summed E-state index contributed by atoms with van der Waals surface area (Å²) in [5.41, 5.74) is 7.71. The Morgan fingerprint density at radius 3 is 2.30 bits per heavy atom. The van der Waals surface area contributed by atoms with Crippen LogP contribution in [-0.4, -0.2) is 12.1 Å². The highest BCUT2D eigenvalue weighted by Gasteiger charge is 2.13. The molecule has 0 aliphatic heterocycles. The van der Waals surface area contributed by atoms with Gasteiger partial charge in [-0.2, -0.15) is 4.98 Å². The summed E-state index contributed by atoms with van der Waals surface area (Å²) in [7, 11) is 1.63. The number of hydrogen-bond acceptors (Lipinski definition) is 4. The van der Waals surface area contributed by atoms with E-state index in [1.54, 1.807) is 7.11 Å². The molecule has 0 unspecified atom stereocenters. The molecule has 0 aliphatic rings. The van der Waals surface area contributed by atoms with E-state index < -0.39 is 0 Å². The molecule has 0 saturated carbocycles. The lowest BCUT2D eigenvalue weighted by Crippen LogP contribution is -1.87. The number of ether oxygens (including phenoxy) is 1. The van der Waals surface area contributed by atoms with Crippen molar-refractivity contribution in [3.8, 4) is 28.5 Å². The first-order valence-electron chi connectivity index (χ1n) is 6.24. The maximum atomic E-state index is 5.94. The second kappa shape index (κ2) is 5.09. The molecule has 0 aliphatic carbocycles. The maximum absolute atomic E-state index is 5.94. The fourth-order valence-electron chi connectivity index (χ4n) is 1.99. The molecule has 2 N–H and O–H groups in total. The molecule has 0 saturated heterocycles. The minimum absolute atomic E-state index is 0.391. The van der Waals surface area contributed by atoms with Gasteiger partial charge in [0, 0.05) is 11.1 Å². The topological polar surface area (TPSA) is 61.3 Å². The van der Waals surface area contributed by atoms with Crippen LogP contribution in [0.1, 0.15) is 0 Å². The van der Waals surface area contributed by atoms with Crippen LogP contribution in [0, 0.1) is 0 Å². The van der Waals surface area contributed by atoms with Gasteiger partial charge in [0.05, 0.1) is 7.11 Å². The summed E-state index contributed by atoms with van der Waals surface area (Å²) in [6.07, 6.45) is 0. The molecule has 3 aromatic rings. The fourth-order valence-corrected chi connectivity index (χ4v) is 1.99. The zero-order valence-corrected chi connectivity index (χ0v) is 11.0. The Bertz CT molecular complexity index is 703. The number of anilines is 1. The molecule has 20 heavy (non-hydrogen) atoms. The van der Waals surface area contributed by atoms with Crippen LogP contribution in [0.5, 0.6) is 5.75 Å². The van der Waals surface area contributed by atoms with Crippen LogP contribution >= 0.6 is 0 Å². The number of nitrogens with two attached hydrogens (primary N) is 1. The normalized spacial score (nSPS) is 10.4. The second-order valence-electron chi connectivity index (χ2n) is 4.33. The number of methoxy groups -OCH3 is 1. The van der Waals surface area contributed by atoms with Crippen molar-refractivity contribution in [3.05, 3.63) is 54.6 Å². The highest BCUT2D eigenvalue weighted by Crippen LogP contribution is 2.31. The molecule has 0 bridgehead atoms. The van der Waals surface area contributed by atoms with Crippen LogP contribution < -0.4 is 10.5 Å². The van der Waals surface area contributed by atoms with Crippen LogP contribution in [0.2, 0.25) is 0 Å². The Morgan fingerprint density at radius 2 is 1.65 bits per heavy atom. The molecule has 4 nitrogen and oxygen atoms in total. The maximum Gasteiger partial charge on any atom is 0.228 e. The smallest absolute Gasteiger partial charge is 0.228 e. The molecule has 3 rings (SSSR count). The van der Waals surface area contributed by atoms with E-state index in [-0.39, 0.29) is 0 Å². The third kappa shape index (κ3) is 2.23. The van der Waals surface area contributed by atoms with E-state index in [0.717, 1.165) is 16.9 Å². The van der Waals surface area contributed by atoms with E-state index in [1.165, 1.54) is 0 Å². The van der Waals surface area contributed by atoms with Gasteiger partial charge in [0.1, 0.15) is 5.75 Å². The van der Waals surface area contributed by atoms with Gasteiger partial charge < -0.3 is 14.9 Å². The van der Waals surface area contributed by atoms with Gasteiger partial charge in [-0.25, -0.2) is 0 Å². The predicted octanol–water partition coefficient (Wildman–Crippen LogP) is 3.60. The fraction of sp³-hybridized carbons (Fsp3) is 0.0625. The number of rotatable bonds is 3. The first-order chi connectivity index (χ1) is 9.78. The summed E-state index contributed by atoms with van der Waals surface area (Å²) in [5, 5.41) is 0. The molecule has 1 heterocycles. The number of nitrogen functional groups attached to an aromatic ring is 1. The van der Waals surface area contributed by atoms with Crippen molar-refractivity contribution < 1.29 is 9.15 Å². The van der Waals surface area contributed by atoms with Gasteiger partial charge in [0.2, 0.25) is 5.89 Å². The lowest BCUT2D eigenvalue weighted by atomic mass is 10.2. The van der Waals surface area contributed by atoms with Crippen molar-refractivity contribution in [2.24, 2.45) is 0 Å². The lowest BCUT2D eigenvalue weighted by Gasteiger charge is -1.99. The minimum Gasteiger partial charge on any atom is -0.497 e. The second-order valence-corrected chi connectivity index (χ2v) is 4.33. The van der Waals surface area contributed by atoms with E-state index in [4.69, 9.17) is 14.9 Å². The van der Waals surface area contributed by atoms with E-state index in [2.05, 4.69) is 4.98 Å². The van der Waals surface area contributed by atoms with Gasteiger partial charge in [-0.3, -0.25) is 0 Å². The number of aromatic nitrogens is 1. The minimum atomic E-state index is 0.391. The molecule has 4 heteroatoms. The lowest BCUT2D eigenvalue weighted by molar-refractivity contribution is 0.415. The van der Waals surface area contributed by atoms with Crippen LogP contribution in [0.4, 0.5) is 5.82 Å². The first-order valence-corrected chi connectivity index (χ1v) is 6.24. The van der Waals surface area contributed by atoms with E-state index in [0.29, 0.717) is 17.5 Å². The predicted molar refractivity (Wildman–Crippen MR) is 78.3 cm³/mol. The highest BCUT2D eigenvalue weighted by atomic mass is 16.5. The van der Waals surface area contributed by atoms with Crippen LogP contribution in [0.3, 0.4) is 0 Å². The zero-order chi connectivity index (χ0) is 13.9. The monoisotopic (exact) mass is 266 g/mol. The SMILES string of the molecule is COc1ccc(-c2nc(N)c(-c3ccccc3)o2)cc1. The Hall–Kier alpha value is -2.75. The average Bonchev–Trinajstić information content (AvgIpc) is 2.90. The summed E-state index contributed by atoms with van der Waals surface area (Å²) in [5.74, 6) is 2.28. The van der Waals surface area contributed by atoms with Crippen molar-refractivity contribution in [2.75, 3.05) is 12.8 Å². The summed E-state index contributed by atoms with van der Waals surface area (Å²) in [6.45, 7) is 0. The molecular weight excluding hydrogens is 252 g/mol. The van der Waals surface area contributed by atoms with Crippen LogP contribution in [0.15, 0.2) is 59.0 Å². The third-order valence-electron chi connectivity index (χ3n) is 3.03. The third-order valence-corrected chi connectivity index (χ3v) is 3.03. The summed E-state index contributed by atoms with van der Waals surface area (Å²) in [4.78, 5) is 4.28. The average molecular weight is 266 g/mol. The van der Waals surface area contributed by atoms with Crippen molar-refractivity contribution in [2.45, 2.75) is 0 Å². The Morgan fingerprint density at radius 1 is 0.950 bits per heavy atom. The number of oxazole rings is 1. The van der Waals surface area contributed by atoms with Crippen LogP contribution in [0.25, 0.3) is 22.8 Å². The van der Waals surface area contributed by atoms with Gasteiger partial charge >= 0.3 is 0 Å². The van der Waals surface area contributed by atoms with Crippen molar-refractivity contribution in [1.82, 2.24) is 4.98 Å². The quantitative estimate of drug-likeness (QED) is 0.786. The van der Waals surface area contributed by atoms with E-state index >= 15 is 0 Å². The molecule has 0 fully saturated rings. The van der Waals surface area contributed by atoms with E-state index in [1.807, 2.05) is 54.6 Å². The molecule has 1 aromatic heterocycles. The molecule has 0 amide bonds. The van der Waals surface area contributed by atoms with Gasteiger partial charge in [-0.15, -0.1) is 0 Å². The Balaban J connectivity index is 2.00. The summed E-state index contributed by atoms with van der Waals surface area (Å²) in [6, 6.07) is 17.2. The first kappa shape index (κ1) is 12.3. The van der Waals surface area contributed by atoms with Crippen molar-refractivity contribution in [1.29, 1.82) is 0 Å². The standard InChI is InChI=1S/C16H14N2O2/c1-19-13-9-7-12(8-10-13)16-18-15(17)14(20-16)11-5-3-2-4-6-11/h2-10H,17H2,1H3. The van der Waals surface area contributed by atoms with Gasteiger partial charge in [0.25, 0.3) is 0 Å². The molecule has 100 valence electrons. The highest BCUT2D eigenvalue weighted by molar-refractivity contribution is 5.71. The molecule has 0 radical (unpaired) electrons. The number of hydrogen-bond donors (Lipinski definition) is 1.